The van der Waals surface area contributed by atoms with E-state index in [0.29, 0.717) is 16.7 Å². The van der Waals surface area contributed by atoms with Crippen LogP contribution < -0.4 is 10.0 Å². The summed E-state index contributed by atoms with van der Waals surface area (Å²) < 4.78 is 89.6. The molecule has 10 nitrogen and oxygen atoms in total. The average Bonchev–Trinajstić information content (AvgIpc) is 3.44. The number of nitrogens with zero attached hydrogens (tertiary/aromatic N) is 2. The molecule has 1 aliphatic carbocycles. The monoisotopic (exact) mass is 704 g/mol. The third-order valence-electron chi connectivity index (χ3n) is 7.75. The number of carbonyl (C=O) groups excluding carboxylic acids is 2. The molecule has 2 aromatic carbocycles. The Morgan fingerprint density at radius 3 is 2.41 bits per heavy atom. The summed E-state index contributed by atoms with van der Waals surface area (Å²) in [5.41, 5.74) is -1.98. The second-order valence-electron chi connectivity index (χ2n) is 10.9. The topological polar surface area (TPSA) is 126 Å². The third-order valence-corrected chi connectivity index (χ3v) is 9.70. The van der Waals surface area contributed by atoms with Crippen molar-refractivity contribution in [2.24, 2.45) is 11.1 Å². The van der Waals surface area contributed by atoms with Gasteiger partial charge in [-0.05, 0) is 36.6 Å². The molecule has 5 rings (SSSR count). The number of benzene rings is 2. The molecule has 3 aliphatic rings. The molecule has 0 saturated carbocycles. The first-order valence-corrected chi connectivity index (χ1v) is 15.9. The van der Waals surface area contributed by atoms with Crippen LogP contribution >= 0.6 is 23.2 Å². The van der Waals surface area contributed by atoms with E-state index < -0.39 is 73.8 Å². The number of amides is 2. The molecule has 17 heteroatoms. The fourth-order valence-corrected chi connectivity index (χ4v) is 6.79. The van der Waals surface area contributed by atoms with Gasteiger partial charge < -0.3 is 14.9 Å². The van der Waals surface area contributed by atoms with Crippen molar-refractivity contribution < 1.29 is 45.1 Å². The fourth-order valence-electron chi connectivity index (χ4n) is 5.15. The van der Waals surface area contributed by atoms with Crippen molar-refractivity contribution in [1.82, 2.24) is 14.3 Å². The van der Waals surface area contributed by atoms with Crippen LogP contribution in [0.4, 0.5) is 22.4 Å². The molecule has 0 spiro atoms. The quantitative estimate of drug-likeness (QED) is 0.275. The van der Waals surface area contributed by atoms with Gasteiger partial charge in [0, 0.05) is 25.1 Å². The number of alkyl halides is 3. The van der Waals surface area contributed by atoms with Gasteiger partial charge in [-0.2, -0.15) is 25.9 Å². The van der Waals surface area contributed by atoms with Crippen LogP contribution in [0.3, 0.4) is 0 Å². The molecule has 2 N–H and O–H groups in total. The van der Waals surface area contributed by atoms with Gasteiger partial charge in [0.1, 0.15) is 6.61 Å². The minimum Gasteiger partial charge on any atom is -0.444 e. The van der Waals surface area contributed by atoms with E-state index in [0.717, 1.165) is 16.4 Å². The van der Waals surface area contributed by atoms with E-state index in [4.69, 9.17) is 32.8 Å². The number of ether oxygens (including phenoxy) is 1. The maximum atomic E-state index is 14.3. The zero-order valence-electron chi connectivity index (χ0n) is 23.9. The molecule has 2 heterocycles. The van der Waals surface area contributed by atoms with Gasteiger partial charge in [0.05, 0.1) is 27.7 Å². The molecular formula is C29H26Cl2F4N4O6S. The van der Waals surface area contributed by atoms with Gasteiger partial charge in [0.2, 0.25) is 5.91 Å². The largest absolute Gasteiger partial charge is 0.444 e. The minimum absolute atomic E-state index is 0.0401. The highest BCUT2D eigenvalue weighted by molar-refractivity contribution is 7.87. The molecule has 2 amide bonds. The van der Waals surface area contributed by atoms with Crippen LogP contribution in [0.1, 0.15) is 30.9 Å². The lowest BCUT2D eigenvalue weighted by atomic mass is 9.82. The minimum atomic E-state index is -4.97. The number of hydrogen-bond donors (Lipinski definition) is 2. The predicted molar refractivity (Wildman–Crippen MR) is 159 cm³/mol. The van der Waals surface area contributed by atoms with Gasteiger partial charge in [-0.1, -0.05) is 76.4 Å². The number of allylic oxidation sites excluding steroid dienone is 3. The Hall–Kier alpha value is -3.66. The summed E-state index contributed by atoms with van der Waals surface area (Å²) >= 11 is 11.5. The van der Waals surface area contributed by atoms with Crippen LogP contribution in [0, 0.1) is 11.7 Å². The Balaban J connectivity index is 1.15. The number of carbonyl (C=O) groups is 2. The van der Waals surface area contributed by atoms with Crippen molar-refractivity contribution in [3.05, 3.63) is 92.8 Å². The first-order valence-electron chi connectivity index (χ1n) is 13.7. The van der Waals surface area contributed by atoms with E-state index >= 15 is 0 Å². The number of oxime groups is 1. The molecule has 1 saturated heterocycles. The van der Waals surface area contributed by atoms with E-state index in [1.165, 1.54) is 6.08 Å². The summed E-state index contributed by atoms with van der Waals surface area (Å²) in [4.78, 5) is 30.0. The van der Waals surface area contributed by atoms with E-state index in [1.807, 2.05) is 4.72 Å². The van der Waals surface area contributed by atoms with Gasteiger partial charge in [0.15, 0.2) is 5.82 Å². The van der Waals surface area contributed by atoms with Gasteiger partial charge in [0.25, 0.3) is 5.60 Å². The van der Waals surface area contributed by atoms with E-state index in [-0.39, 0.29) is 31.8 Å². The normalized spacial score (nSPS) is 22.2. The van der Waals surface area contributed by atoms with Crippen molar-refractivity contribution in [3.63, 3.8) is 0 Å². The van der Waals surface area contributed by atoms with Crippen molar-refractivity contribution in [2.75, 3.05) is 13.1 Å². The lowest BCUT2D eigenvalue weighted by Crippen LogP contribution is -2.63. The number of nitrogens with one attached hydrogen (secondary N) is 2. The van der Waals surface area contributed by atoms with Crippen molar-refractivity contribution in [2.45, 2.75) is 44.2 Å². The van der Waals surface area contributed by atoms with Gasteiger partial charge in [-0.3, -0.25) is 4.79 Å². The SMILES string of the molecule is CC1=CC(C2=NO[C@@](c3cc(Cl)c(F)c(Cl)c3)(C(F)(F)F)C2)=CCC1C(=O)NC1CN(S(=O)(=O)NC(=O)OCc2ccccc2)C1. The van der Waals surface area contributed by atoms with Crippen LogP contribution in [-0.4, -0.2) is 55.7 Å². The highest BCUT2D eigenvalue weighted by Crippen LogP contribution is 2.50. The van der Waals surface area contributed by atoms with Gasteiger partial charge >= 0.3 is 22.5 Å². The first kappa shape index (κ1) is 33.7. The standard InChI is InChI=1S/C29H26Cl2F4N4O6S/c1-16-9-18(24-12-28(45-37-24,29(33,34)35)19-10-22(30)25(32)23(31)11-19)7-8-21(16)26(40)36-20-13-39(14-20)46(42,43)38-27(41)44-15-17-5-3-2-4-6-17/h2-7,9-11,20-21H,8,12-15H2,1H3,(H,36,40)(H,38,41)/t21?,28-/m0/s1. The van der Waals surface area contributed by atoms with E-state index in [1.54, 1.807) is 43.3 Å². The molecule has 2 aliphatic heterocycles. The van der Waals surface area contributed by atoms with E-state index in [9.17, 15) is 35.6 Å². The summed E-state index contributed by atoms with van der Waals surface area (Å²) in [7, 11) is -4.20. The summed E-state index contributed by atoms with van der Waals surface area (Å²) in [6, 6.07) is 9.76. The van der Waals surface area contributed by atoms with Crippen LogP contribution in [0.15, 0.2) is 70.9 Å². The molecule has 0 radical (unpaired) electrons. The fraction of sp³-hybridized carbons (Fsp3) is 0.345. The lowest BCUT2D eigenvalue weighted by molar-refractivity contribution is -0.275. The molecule has 246 valence electrons. The second-order valence-corrected chi connectivity index (χ2v) is 13.4. The van der Waals surface area contributed by atoms with Gasteiger partial charge in [-0.25, -0.2) is 13.9 Å². The van der Waals surface area contributed by atoms with E-state index in [2.05, 4.69) is 10.5 Å². The second kappa shape index (κ2) is 12.9. The van der Waals surface area contributed by atoms with Gasteiger partial charge in [-0.15, -0.1) is 0 Å². The highest BCUT2D eigenvalue weighted by Gasteiger charge is 2.62. The zero-order valence-corrected chi connectivity index (χ0v) is 26.2. The van der Waals surface area contributed by atoms with Crippen LogP contribution in [0.2, 0.25) is 10.0 Å². The lowest BCUT2D eigenvalue weighted by Gasteiger charge is -2.38. The Bertz CT molecular complexity index is 1720. The maximum absolute atomic E-state index is 14.3. The molecule has 2 aromatic rings. The van der Waals surface area contributed by atoms with Crippen molar-refractivity contribution >= 4 is 51.1 Å². The Morgan fingerprint density at radius 1 is 1.15 bits per heavy atom. The number of rotatable bonds is 8. The smallest absolute Gasteiger partial charge is 0.435 e. The van der Waals surface area contributed by atoms with Crippen molar-refractivity contribution in [3.8, 4) is 0 Å². The van der Waals surface area contributed by atoms with Crippen molar-refractivity contribution in [1.29, 1.82) is 0 Å². The summed E-state index contributed by atoms with van der Waals surface area (Å²) in [6.07, 6.45) is -3.66. The first-order chi connectivity index (χ1) is 21.6. The molecule has 1 fully saturated rings. The molecule has 2 atom stereocenters. The van der Waals surface area contributed by atoms with Crippen LogP contribution in [0.25, 0.3) is 0 Å². The van der Waals surface area contributed by atoms with Crippen LogP contribution in [0.5, 0.6) is 0 Å². The summed E-state index contributed by atoms with van der Waals surface area (Å²) in [6.45, 7) is 1.34. The molecule has 0 bridgehead atoms. The molecule has 1 unspecified atom stereocenters. The molecular weight excluding hydrogens is 679 g/mol. The Kier molecular flexibility index (Phi) is 9.42. The summed E-state index contributed by atoms with van der Waals surface area (Å²) in [5, 5.41) is 5.24. The molecule has 0 aromatic heterocycles. The molecule has 46 heavy (non-hydrogen) atoms. The number of hydrogen-bond acceptors (Lipinski definition) is 7. The summed E-state index contributed by atoms with van der Waals surface area (Å²) in [5.74, 6) is -2.15. The zero-order chi connectivity index (χ0) is 33.4. The number of halogens is 6. The third kappa shape index (κ3) is 6.87. The Morgan fingerprint density at radius 2 is 1.80 bits per heavy atom. The maximum Gasteiger partial charge on any atom is 0.435 e. The average molecular weight is 706 g/mol. The highest BCUT2D eigenvalue weighted by atomic mass is 35.5. The predicted octanol–water partition coefficient (Wildman–Crippen LogP) is 5.53. The van der Waals surface area contributed by atoms with Crippen LogP contribution in [-0.2, 0) is 36.8 Å². The Labute approximate surface area is 271 Å².